The van der Waals surface area contributed by atoms with E-state index in [0.717, 1.165) is 11.1 Å². The second kappa shape index (κ2) is 9.07. The molecule has 3 rings (SSSR count). The average molecular weight is 427 g/mol. The highest BCUT2D eigenvalue weighted by atomic mass is 16.5. The predicted molar refractivity (Wildman–Crippen MR) is 113 cm³/mol. The Hall–Kier alpha value is -3.55. The van der Waals surface area contributed by atoms with Gasteiger partial charge in [0, 0.05) is 18.6 Å². The predicted octanol–water partition coefficient (Wildman–Crippen LogP) is 3.33. The molecule has 0 saturated carbocycles. The lowest BCUT2D eigenvalue weighted by molar-refractivity contribution is -0.125. The van der Waals surface area contributed by atoms with Crippen LogP contribution < -0.4 is 14.8 Å². The van der Waals surface area contributed by atoms with Crippen molar-refractivity contribution in [3.8, 4) is 11.5 Å². The fourth-order valence-electron chi connectivity index (χ4n) is 3.40. The summed E-state index contributed by atoms with van der Waals surface area (Å²) in [5.74, 6) is -0.879. The van der Waals surface area contributed by atoms with E-state index in [1.165, 1.54) is 33.5 Å². The number of anilines is 1. The van der Waals surface area contributed by atoms with Gasteiger partial charge in [-0.15, -0.1) is 0 Å². The van der Waals surface area contributed by atoms with E-state index in [4.69, 9.17) is 18.9 Å². The fourth-order valence-corrected chi connectivity index (χ4v) is 3.40. The molecular weight excluding hydrogens is 402 g/mol. The SMILES string of the molecule is COC(=O)c1cc(OC)c(OC)cc1NC(=O)C1Cc2cc(C(C)C)ccc2C(=O)O1. The summed E-state index contributed by atoms with van der Waals surface area (Å²) < 4.78 is 20.6. The van der Waals surface area contributed by atoms with E-state index < -0.39 is 23.9 Å². The third kappa shape index (κ3) is 4.47. The molecule has 0 fully saturated rings. The first kappa shape index (κ1) is 22.1. The van der Waals surface area contributed by atoms with E-state index in [9.17, 15) is 14.4 Å². The molecule has 31 heavy (non-hydrogen) atoms. The number of rotatable bonds is 6. The van der Waals surface area contributed by atoms with Gasteiger partial charge in [0.1, 0.15) is 0 Å². The van der Waals surface area contributed by atoms with E-state index in [2.05, 4.69) is 19.2 Å². The topological polar surface area (TPSA) is 100 Å². The molecule has 164 valence electrons. The van der Waals surface area contributed by atoms with Crippen molar-refractivity contribution in [2.45, 2.75) is 32.3 Å². The average Bonchev–Trinajstić information content (AvgIpc) is 2.77. The second-order valence-corrected chi connectivity index (χ2v) is 7.40. The van der Waals surface area contributed by atoms with Crippen LogP contribution in [0.4, 0.5) is 5.69 Å². The summed E-state index contributed by atoms with van der Waals surface area (Å²) in [5, 5.41) is 2.66. The molecule has 0 radical (unpaired) electrons. The summed E-state index contributed by atoms with van der Waals surface area (Å²) in [7, 11) is 4.10. The van der Waals surface area contributed by atoms with E-state index in [-0.39, 0.29) is 23.6 Å². The van der Waals surface area contributed by atoms with Crippen molar-refractivity contribution in [2.75, 3.05) is 26.6 Å². The zero-order valence-electron chi connectivity index (χ0n) is 18.1. The minimum atomic E-state index is -1.04. The molecule has 1 N–H and O–H groups in total. The van der Waals surface area contributed by atoms with Crippen LogP contribution in [0.15, 0.2) is 30.3 Å². The molecule has 1 aliphatic rings. The van der Waals surface area contributed by atoms with Crippen LogP contribution >= 0.6 is 0 Å². The van der Waals surface area contributed by atoms with Gasteiger partial charge in [0.25, 0.3) is 5.91 Å². The number of carbonyl (C=O) groups is 3. The molecule has 0 aliphatic carbocycles. The number of methoxy groups -OCH3 is 3. The summed E-state index contributed by atoms with van der Waals surface area (Å²) in [6.45, 7) is 4.11. The molecule has 0 bridgehead atoms. The summed E-state index contributed by atoms with van der Waals surface area (Å²) in [6.07, 6.45) is -0.810. The number of nitrogens with one attached hydrogen (secondary N) is 1. The largest absolute Gasteiger partial charge is 0.493 e. The fraction of sp³-hybridized carbons (Fsp3) is 0.348. The molecule has 2 aromatic carbocycles. The van der Waals surface area contributed by atoms with Crippen LogP contribution in [0, 0.1) is 0 Å². The first-order chi connectivity index (χ1) is 14.8. The van der Waals surface area contributed by atoms with Gasteiger partial charge in [0.2, 0.25) is 0 Å². The Kier molecular flexibility index (Phi) is 6.48. The first-order valence-corrected chi connectivity index (χ1v) is 9.78. The lowest BCUT2D eigenvalue weighted by Crippen LogP contribution is -2.38. The zero-order valence-corrected chi connectivity index (χ0v) is 18.1. The molecule has 8 nitrogen and oxygen atoms in total. The molecule has 2 aromatic rings. The minimum Gasteiger partial charge on any atom is -0.493 e. The Morgan fingerprint density at radius 1 is 1.06 bits per heavy atom. The van der Waals surface area contributed by atoms with Crippen LogP contribution in [0.25, 0.3) is 0 Å². The summed E-state index contributed by atoms with van der Waals surface area (Å²) in [4.78, 5) is 37.6. The standard InChI is InChI=1S/C23H25NO7/c1-12(2)13-6-7-15-14(8-13)9-20(31-23(15)27)21(25)24-17-11-19(29-4)18(28-3)10-16(17)22(26)30-5/h6-8,10-12,20H,9H2,1-5H3,(H,24,25). The van der Waals surface area contributed by atoms with Gasteiger partial charge in [-0.05, 0) is 23.1 Å². The number of esters is 2. The molecular formula is C23H25NO7. The number of hydrogen-bond donors (Lipinski definition) is 1. The van der Waals surface area contributed by atoms with E-state index in [1.807, 2.05) is 12.1 Å². The van der Waals surface area contributed by atoms with Gasteiger partial charge < -0.3 is 24.3 Å². The van der Waals surface area contributed by atoms with E-state index in [1.54, 1.807) is 6.07 Å². The first-order valence-electron chi connectivity index (χ1n) is 9.78. The number of benzene rings is 2. The highest BCUT2D eigenvalue weighted by Crippen LogP contribution is 2.34. The van der Waals surface area contributed by atoms with Crippen LogP contribution in [0.2, 0.25) is 0 Å². The Morgan fingerprint density at radius 2 is 1.74 bits per heavy atom. The van der Waals surface area contributed by atoms with Crippen molar-refractivity contribution in [1.82, 2.24) is 0 Å². The summed E-state index contributed by atoms with van der Waals surface area (Å²) in [6, 6.07) is 8.41. The van der Waals surface area contributed by atoms with Crippen LogP contribution in [0.3, 0.4) is 0 Å². The van der Waals surface area contributed by atoms with Crippen LogP contribution in [0.5, 0.6) is 11.5 Å². The molecule has 1 unspecified atom stereocenters. The van der Waals surface area contributed by atoms with Crippen molar-refractivity contribution < 1.29 is 33.3 Å². The summed E-state index contributed by atoms with van der Waals surface area (Å²) in [5.41, 5.74) is 2.52. The Labute approximate surface area is 180 Å². The van der Waals surface area contributed by atoms with Gasteiger partial charge >= 0.3 is 11.9 Å². The summed E-state index contributed by atoms with van der Waals surface area (Å²) >= 11 is 0. The third-order valence-corrected chi connectivity index (χ3v) is 5.15. The van der Waals surface area contributed by atoms with Crippen molar-refractivity contribution in [2.24, 2.45) is 0 Å². The number of carbonyl (C=O) groups excluding carboxylic acids is 3. The highest BCUT2D eigenvalue weighted by molar-refractivity contribution is 6.05. The van der Waals surface area contributed by atoms with Crippen LogP contribution in [0.1, 0.15) is 51.6 Å². The molecule has 0 aromatic heterocycles. The van der Waals surface area contributed by atoms with Crippen molar-refractivity contribution >= 4 is 23.5 Å². The maximum Gasteiger partial charge on any atom is 0.340 e. The number of cyclic esters (lactones) is 1. The number of amides is 1. The normalized spacial score (nSPS) is 15.0. The van der Waals surface area contributed by atoms with Crippen LogP contribution in [-0.4, -0.2) is 45.3 Å². The number of hydrogen-bond acceptors (Lipinski definition) is 7. The highest BCUT2D eigenvalue weighted by Gasteiger charge is 2.32. The molecule has 0 saturated heterocycles. The Bertz CT molecular complexity index is 1030. The number of fused-ring (bicyclic) bond motifs is 1. The quantitative estimate of drug-likeness (QED) is 0.706. The smallest absolute Gasteiger partial charge is 0.340 e. The van der Waals surface area contributed by atoms with Gasteiger partial charge in [-0.3, -0.25) is 4.79 Å². The van der Waals surface area contributed by atoms with Gasteiger partial charge in [0.05, 0.1) is 38.1 Å². The van der Waals surface area contributed by atoms with Gasteiger partial charge in [-0.25, -0.2) is 9.59 Å². The molecule has 1 amide bonds. The minimum absolute atomic E-state index is 0.0816. The molecule has 0 spiro atoms. The molecule has 1 aliphatic heterocycles. The maximum absolute atomic E-state index is 12.9. The molecule has 1 heterocycles. The maximum atomic E-state index is 12.9. The van der Waals surface area contributed by atoms with Gasteiger partial charge in [-0.1, -0.05) is 26.0 Å². The third-order valence-electron chi connectivity index (χ3n) is 5.15. The van der Waals surface area contributed by atoms with E-state index >= 15 is 0 Å². The van der Waals surface area contributed by atoms with Crippen molar-refractivity contribution in [1.29, 1.82) is 0 Å². The second-order valence-electron chi connectivity index (χ2n) is 7.40. The monoisotopic (exact) mass is 427 g/mol. The molecule has 1 atom stereocenters. The lowest BCUT2D eigenvalue weighted by Gasteiger charge is -2.25. The Balaban J connectivity index is 1.90. The van der Waals surface area contributed by atoms with Crippen molar-refractivity contribution in [3.63, 3.8) is 0 Å². The molecule has 8 heteroatoms. The van der Waals surface area contributed by atoms with Gasteiger partial charge in [-0.2, -0.15) is 0 Å². The lowest BCUT2D eigenvalue weighted by atomic mass is 9.92. The van der Waals surface area contributed by atoms with Gasteiger partial charge in [0.15, 0.2) is 17.6 Å². The number of ether oxygens (including phenoxy) is 4. The van der Waals surface area contributed by atoms with Crippen molar-refractivity contribution in [3.05, 3.63) is 52.6 Å². The zero-order chi connectivity index (χ0) is 22.7. The Morgan fingerprint density at radius 3 is 2.35 bits per heavy atom. The van der Waals surface area contributed by atoms with E-state index in [0.29, 0.717) is 17.1 Å². The van der Waals surface area contributed by atoms with Crippen LogP contribution in [-0.2, 0) is 20.7 Å².